The number of piperidine rings is 1. The van der Waals surface area contributed by atoms with Crippen LogP contribution in [0, 0.1) is 0 Å². The fourth-order valence-electron chi connectivity index (χ4n) is 6.75. The second-order valence-electron chi connectivity index (χ2n) is 10.5. The third kappa shape index (κ3) is 3.67. The molecule has 2 aliphatic carbocycles. The van der Waals surface area contributed by atoms with Crippen molar-refractivity contribution in [1.29, 1.82) is 0 Å². The van der Waals surface area contributed by atoms with Gasteiger partial charge in [-0.3, -0.25) is 14.4 Å². The minimum absolute atomic E-state index is 0.0956. The zero-order valence-corrected chi connectivity index (χ0v) is 21.7. The van der Waals surface area contributed by atoms with Crippen LogP contribution >= 0.6 is 0 Å². The average molecular weight is 530 g/mol. The van der Waals surface area contributed by atoms with E-state index in [0.29, 0.717) is 30.7 Å². The lowest BCUT2D eigenvalue weighted by Crippen LogP contribution is -2.74. The van der Waals surface area contributed by atoms with Crippen molar-refractivity contribution in [3.63, 3.8) is 0 Å². The van der Waals surface area contributed by atoms with Crippen LogP contribution in [0.2, 0.25) is 0 Å². The van der Waals surface area contributed by atoms with E-state index in [1.807, 2.05) is 13.1 Å². The number of esters is 3. The quantitative estimate of drug-likeness (QED) is 0.375. The largest absolute Gasteiger partial charge is 0.481 e. The molecule has 1 saturated heterocycles. The Kier molecular flexibility index (Phi) is 6.36. The number of likely N-dealkylation sites (N-methyl/N-ethyl adjacent to an activating group) is 1. The minimum Gasteiger partial charge on any atom is -0.481 e. The van der Waals surface area contributed by atoms with Crippen LogP contribution in [0.3, 0.4) is 0 Å². The van der Waals surface area contributed by atoms with E-state index in [1.54, 1.807) is 12.1 Å². The smallest absolute Gasteiger partial charge is 0.357 e. The first-order chi connectivity index (χ1) is 17.9. The van der Waals surface area contributed by atoms with Crippen LogP contribution in [0.25, 0.3) is 0 Å². The topological polar surface area (TPSA) is 149 Å². The molecule has 204 valence electrons. The van der Waals surface area contributed by atoms with Gasteiger partial charge in [0.2, 0.25) is 12.2 Å². The number of rotatable bonds is 7. The summed E-state index contributed by atoms with van der Waals surface area (Å²) in [4.78, 5) is 51.1. The van der Waals surface area contributed by atoms with Crippen LogP contribution in [-0.2, 0) is 51.8 Å². The van der Waals surface area contributed by atoms with Gasteiger partial charge in [-0.25, -0.2) is 4.79 Å². The van der Waals surface area contributed by atoms with E-state index in [-0.39, 0.29) is 24.8 Å². The first-order valence-electron chi connectivity index (χ1n) is 12.6. The summed E-state index contributed by atoms with van der Waals surface area (Å²) in [5, 5.41) is 22.3. The Morgan fingerprint density at radius 1 is 1.13 bits per heavy atom. The summed E-state index contributed by atoms with van der Waals surface area (Å²) in [6.45, 7) is 3.61. The number of aliphatic hydroxyl groups excluding tert-OH is 1. The van der Waals surface area contributed by atoms with Gasteiger partial charge in [-0.05, 0) is 45.0 Å². The normalized spacial score (nSPS) is 30.2. The minimum atomic E-state index is -1.84. The Morgan fingerprint density at radius 2 is 1.82 bits per heavy atom. The van der Waals surface area contributed by atoms with Crippen molar-refractivity contribution in [2.75, 3.05) is 13.6 Å². The van der Waals surface area contributed by atoms with Gasteiger partial charge in [-0.2, -0.15) is 0 Å². The second-order valence-corrected chi connectivity index (χ2v) is 10.5. The highest BCUT2D eigenvalue weighted by atomic mass is 16.6. The molecule has 5 rings (SSSR count). The van der Waals surface area contributed by atoms with Gasteiger partial charge in [0.15, 0.2) is 11.9 Å². The highest BCUT2D eigenvalue weighted by Gasteiger charge is 2.72. The molecule has 0 saturated carbocycles. The van der Waals surface area contributed by atoms with Crippen molar-refractivity contribution >= 4 is 23.7 Å². The van der Waals surface area contributed by atoms with Gasteiger partial charge in [0, 0.05) is 37.4 Å². The van der Waals surface area contributed by atoms with E-state index in [4.69, 9.17) is 18.9 Å². The number of likely N-dealkylation sites (tertiary alicyclic amines) is 1. The summed E-state index contributed by atoms with van der Waals surface area (Å²) < 4.78 is 22.2. The number of hydrogen-bond acceptors (Lipinski definition) is 11. The van der Waals surface area contributed by atoms with Crippen LogP contribution in [0.1, 0.15) is 50.3 Å². The molecule has 2 N–H and O–H groups in total. The molecule has 2 aliphatic heterocycles. The fourth-order valence-corrected chi connectivity index (χ4v) is 6.75. The van der Waals surface area contributed by atoms with Gasteiger partial charge in [-0.1, -0.05) is 12.1 Å². The molecular formula is C27H31NO10. The summed E-state index contributed by atoms with van der Waals surface area (Å²) in [5.41, 5.74) is 0.192. The van der Waals surface area contributed by atoms with Gasteiger partial charge >= 0.3 is 17.9 Å². The Hall–Kier alpha value is -3.28. The number of aliphatic hydroxyl groups is 2. The molecule has 0 radical (unpaired) electrons. The Balaban J connectivity index is 1.56. The summed E-state index contributed by atoms with van der Waals surface area (Å²) in [6, 6.07) is 3.53. The Labute approximate surface area is 219 Å². The summed E-state index contributed by atoms with van der Waals surface area (Å²) in [6.07, 6.45) is -1.60. The number of carbonyl (C=O) groups is 4. The van der Waals surface area contributed by atoms with Crippen LogP contribution in [0.5, 0.6) is 5.75 Å². The number of ketones is 1. The molecular weight excluding hydrogens is 498 g/mol. The number of nitrogens with zero attached hydrogens (tertiary/aromatic N) is 1. The van der Waals surface area contributed by atoms with E-state index >= 15 is 0 Å². The molecule has 11 heteroatoms. The lowest BCUT2D eigenvalue weighted by molar-refractivity contribution is -0.185. The maximum Gasteiger partial charge on any atom is 0.357 e. The lowest BCUT2D eigenvalue weighted by Gasteiger charge is -2.61. The first kappa shape index (κ1) is 26.3. The third-order valence-corrected chi connectivity index (χ3v) is 8.34. The molecule has 0 aromatic heterocycles. The zero-order chi connectivity index (χ0) is 27.6. The molecule has 6 atom stereocenters. The van der Waals surface area contributed by atoms with Crippen molar-refractivity contribution < 1.29 is 48.3 Å². The van der Waals surface area contributed by atoms with E-state index < -0.39 is 53.0 Å². The van der Waals surface area contributed by atoms with Gasteiger partial charge in [0.25, 0.3) is 0 Å². The van der Waals surface area contributed by atoms with Crippen LogP contribution in [-0.4, -0.2) is 82.4 Å². The molecule has 1 fully saturated rings. The number of carbonyl (C=O) groups excluding carboxylic acids is 4. The monoisotopic (exact) mass is 529 g/mol. The predicted molar refractivity (Wildman–Crippen MR) is 129 cm³/mol. The summed E-state index contributed by atoms with van der Waals surface area (Å²) >= 11 is 0. The van der Waals surface area contributed by atoms with Crippen molar-refractivity contribution in [3.8, 4) is 5.75 Å². The van der Waals surface area contributed by atoms with Gasteiger partial charge in [-0.15, -0.1) is 0 Å². The van der Waals surface area contributed by atoms with Gasteiger partial charge in [0.1, 0.15) is 11.5 Å². The van der Waals surface area contributed by atoms with Crippen molar-refractivity contribution in [2.24, 2.45) is 0 Å². The molecule has 0 amide bonds. The predicted octanol–water partition coefficient (Wildman–Crippen LogP) is 0.452. The number of benzene rings is 1. The Morgan fingerprint density at radius 3 is 2.45 bits per heavy atom. The standard InChI is InChI=1S/C27H31NO10/c1-13(30)21(35-14(2)31)23(36-15(3)32)25(33)37-18-7-8-27(34)19-11-16-5-6-17(12-29)22-20(16)26(27,24(18)38-22)9-10-28(19)4/h5-7,19,21,23-24,29,34H,8-12H2,1-4H3/t19-,21+,23-,24?,26?,27-/m1/s1. The van der Waals surface area contributed by atoms with Crippen LogP contribution in [0.4, 0.5) is 0 Å². The van der Waals surface area contributed by atoms with Crippen molar-refractivity contribution in [1.82, 2.24) is 4.90 Å². The highest BCUT2D eigenvalue weighted by Crippen LogP contribution is 2.64. The maximum atomic E-state index is 13.4. The Bertz CT molecular complexity index is 1260. The first-order valence-corrected chi connectivity index (χ1v) is 12.6. The van der Waals surface area contributed by atoms with Crippen LogP contribution < -0.4 is 4.74 Å². The van der Waals surface area contributed by atoms with Crippen molar-refractivity contribution in [2.45, 2.75) is 82.0 Å². The van der Waals surface area contributed by atoms with E-state index in [2.05, 4.69) is 4.90 Å². The van der Waals surface area contributed by atoms with Crippen LogP contribution in [0.15, 0.2) is 24.0 Å². The lowest BCUT2D eigenvalue weighted by atomic mass is 9.50. The molecule has 38 heavy (non-hydrogen) atoms. The number of Topliss-reactive ketones (excluding diaryl/α,β-unsaturated/α-hetero) is 1. The SMILES string of the molecule is CC(=O)O[C@@H](C(C)=O)[C@@H](OC(C)=O)C(=O)OC1=CC[C@@]2(O)[C@H]3Cc4ccc(CO)c5c4C2(CCN3C)C1O5. The maximum absolute atomic E-state index is 13.4. The molecule has 4 aliphatic rings. The summed E-state index contributed by atoms with van der Waals surface area (Å²) in [7, 11) is 1.97. The second kappa shape index (κ2) is 9.18. The molecule has 1 aromatic rings. The highest BCUT2D eigenvalue weighted by molar-refractivity contribution is 5.91. The number of hydrogen-bond donors (Lipinski definition) is 2. The third-order valence-electron chi connectivity index (χ3n) is 8.34. The summed E-state index contributed by atoms with van der Waals surface area (Å²) in [5.74, 6) is -2.97. The molecule has 2 bridgehead atoms. The molecule has 1 aromatic carbocycles. The number of ether oxygens (including phenoxy) is 4. The van der Waals surface area contributed by atoms with Gasteiger partial charge in [0.05, 0.1) is 17.6 Å². The van der Waals surface area contributed by atoms with Gasteiger partial charge < -0.3 is 34.1 Å². The molecule has 11 nitrogen and oxygen atoms in total. The fraction of sp³-hybridized carbons (Fsp3) is 0.556. The molecule has 2 heterocycles. The van der Waals surface area contributed by atoms with Crippen molar-refractivity contribution in [3.05, 3.63) is 40.7 Å². The average Bonchev–Trinajstić information content (AvgIpc) is 3.20. The molecule has 2 unspecified atom stereocenters. The van der Waals surface area contributed by atoms with E-state index in [9.17, 15) is 29.4 Å². The zero-order valence-electron chi connectivity index (χ0n) is 21.7. The van der Waals surface area contributed by atoms with E-state index in [0.717, 1.165) is 31.9 Å². The molecule has 1 spiro atoms. The van der Waals surface area contributed by atoms with E-state index in [1.165, 1.54) is 0 Å².